The van der Waals surface area contributed by atoms with Gasteiger partial charge < -0.3 is 10.1 Å². The Balaban J connectivity index is 1.69. The number of carbonyl (C=O) groups is 1. The second-order valence-electron chi connectivity index (χ2n) is 6.19. The number of pyridine rings is 1. The zero-order valence-corrected chi connectivity index (χ0v) is 16.2. The van der Waals surface area contributed by atoms with Crippen LogP contribution in [0, 0.1) is 0 Å². The fraction of sp³-hybridized carbons (Fsp3) is 0.200. The SMILES string of the molecule is CCc1nc2c(sc3ncccc32)c(=O)n1CC(=O)Nc1ccc(OC)cc1. The number of rotatable bonds is 5. The van der Waals surface area contributed by atoms with E-state index in [9.17, 15) is 9.59 Å². The van der Waals surface area contributed by atoms with Crippen molar-refractivity contribution in [3.8, 4) is 5.75 Å². The molecule has 0 fully saturated rings. The lowest BCUT2D eigenvalue weighted by molar-refractivity contribution is -0.116. The average molecular weight is 394 g/mol. The molecule has 1 aromatic carbocycles. The molecule has 3 aromatic heterocycles. The Morgan fingerprint density at radius 1 is 1.25 bits per heavy atom. The maximum atomic E-state index is 13.1. The number of hydrogen-bond donors (Lipinski definition) is 1. The second-order valence-corrected chi connectivity index (χ2v) is 7.18. The van der Waals surface area contributed by atoms with Crippen molar-refractivity contribution in [2.75, 3.05) is 12.4 Å². The van der Waals surface area contributed by atoms with Gasteiger partial charge in [0.15, 0.2) is 0 Å². The Bertz CT molecular complexity index is 1230. The van der Waals surface area contributed by atoms with E-state index in [1.807, 2.05) is 19.1 Å². The van der Waals surface area contributed by atoms with Gasteiger partial charge in [0.2, 0.25) is 5.91 Å². The highest BCUT2D eigenvalue weighted by Crippen LogP contribution is 2.28. The number of fused-ring (bicyclic) bond motifs is 3. The van der Waals surface area contributed by atoms with Crippen molar-refractivity contribution >= 4 is 43.4 Å². The van der Waals surface area contributed by atoms with Gasteiger partial charge >= 0.3 is 0 Å². The van der Waals surface area contributed by atoms with E-state index in [1.165, 1.54) is 15.9 Å². The molecule has 0 bridgehead atoms. The summed E-state index contributed by atoms with van der Waals surface area (Å²) in [6, 6.07) is 10.8. The molecule has 0 aliphatic heterocycles. The van der Waals surface area contributed by atoms with Crippen LogP contribution in [0.2, 0.25) is 0 Å². The first-order valence-corrected chi connectivity index (χ1v) is 9.63. The number of thiophene rings is 1. The minimum absolute atomic E-state index is 0.0986. The minimum Gasteiger partial charge on any atom is -0.497 e. The lowest BCUT2D eigenvalue weighted by Gasteiger charge is -2.12. The Labute approximate surface area is 164 Å². The molecular weight excluding hydrogens is 376 g/mol. The lowest BCUT2D eigenvalue weighted by Crippen LogP contribution is -2.30. The van der Waals surface area contributed by atoms with E-state index in [2.05, 4.69) is 15.3 Å². The fourth-order valence-corrected chi connectivity index (χ4v) is 4.09. The predicted octanol–water partition coefficient (Wildman–Crippen LogP) is 3.22. The average Bonchev–Trinajstić information content (AvgIpc) is 3.09. The van der Waals surface area contributed by atoms with Crippen molar-refractivity contribution in [1.82, 2.24) is 14.5 Å². The van der Waals surface area contributed by atoms with E-state index in [-0.39, 0.29) is 18.0 Å². The number of methoxy groups -OCH3 is 1. The van der Waals surface area contributed by atoms with Gasteiger partial charge in [-0.25, -0.2) is 9.97 Å². The number of nitrogens with zero attached hydrogens (tertiary/aromatic N) is 3. The summed E-state index contributed by atoms with van der Waals surface area (Å²) in [5.74, 6) is 0.990. The summed E-state index contributed by atoms with van der Waals surface area (Å²) in [7, 11) is 1.58. The third-order valence-electron chi connectivity index (χ3n) is 4.42. The molecule has 0 aliphatic carbocycles. The molecule has 0 radical (unpaired) electrons. The summed E-state index contributed by atoms with van der Waals surface area (Å²) >= 11 is 1.30. The molecule has 7 nitrogen and oxygen atoms in total. The van der Waals surface area contributed by atoms with Crippen molar-refractivity contribution in [2.45, 2.75) is 19.9 Å². The summed E-state index contributed by atoms with van der Waals surface area (Å²) < 4.78 is 7.07. The number of amides is 1. The number of ether oxygens (including phenoxy) is 1. The van der Waals surface area contributed by atoms with Crippen LogP contribution < -0.4 is 15.6 Å². The highest BCUT2D eigenvalue weighted by atomic mass is 32.1. The molecule has 0 unspecified atom stereocenters. The summed E-state index contributed by atoms with van der Waals surface area (Å²) in [6.07, 6.45) is 2.23. The minimum atomic E-state index is -0.289. The van der Waals surface area contributed by atoms with E-state index in [4.69, 9.17) is 4.74 Å². The number of hydrogen-bond acceptors (Lipinski definition) is 6. The van der Waals surface area contributed by atoms with Gasteiger partial charge in [0.1, 0.15) is 27.6 Å². The Kier molecular flexibility index (Phi) is 4.79. The van der Waals surface area contributed by atoms with Crippen LogP contribution in [0.3, 0.4) is 0 Å². The summed E-state index contributed by atoms with van der Waals surface area (Å²) in [4.78, 5) is 35.3. The third-order valence-corrected chi connectivity index (χ3v) is 5.51. The van der Waals surface area contributed by atoms with Gasteiger partial charge in [0.25, 0.3) is 5.56 Å². The molecule has 4 aromatic rings. The summed E-state index contributed by atoms with van der Waals surface area (Å²) in [6.45, 7) is 1.82. The van der Waals surface area contributed by atoms with Crippen molar-refractivity contribution in [2.24, 2.45) is 0 Å². The maximum absolute atomic E-state index is 13.1. The van der Waals surface area contributed by atoms with Crippen LogP contribution >= 0.6 is 11.3 Å². The zero-order valence-electron chi connectivity index (χ0n) is 15.4. The fourth-order valence-electron chi connectivity index (χ4n) is 3.06. The van der Waals surface area contributed by atoms with Crippen molar-refractivity contribution in [1.29, 1.82) is 0 Å². The molecule has 142 valence electrons. The van der Waals surface area contributed by atoms with E-state index in [0.29, 0.717) is 33.9 Å². The first-order chi connectivity index (χ1) is 13.6. The molecular formula is C20H18N4O3S. The predicted molar refractivity (Wildman–Crippen MR) is 110 cm³/mol. The number of aryl methyl sites for hydroxylation is 1. The van der Waals surface area contributed by atoms with Gasteiger partial charge in [-0.2, -0.15) is 0 Å². The van der Waals surface area contributed by atoms with Gasteiger partial charge in [0, 0.05) is 23.7 Å². The van der Waals surface area contributed by atoms with Gasteiger partial charge in [0.05, 0.1) is 12.6 Å². The number of benzene rings is 1. The molecule has 1 amide bonds. The quantitative estimate of drug-likeness (QED) is 0.562. The highest BCUT2D eigenvalue weighted by Gasteiger charge is 2.17. The monoisotopic (exact) mass is 394 g/mol. The van der Waals surface area contributed by atoms with Crippen LogP contribution in [0.1, 0.15) is 12.7 Å². The van der Waals surface area contributed by atoms with Gasteiger partial charge in [-0.3, -0.25) is 14.2 Å². The van der Waals surface area contributed by atoms with E-state index < -0.39 is 0 Å². The van der Waals surface area contributed by atoms with Crippen LogP contribution in [0.15, 0.2) is 47.4 Å². The molecule has 4 rings (SSSR count). The first-order valence-electron chi connectivity index (χ1n) is 8.81. The van der Waals surface area contributed by atoms with Crippen molar-refractivity contribution in [3.63, 3.8) is 0 Å². The molecule has 3 heterocycles. The first kappa shape index (κ1) is 18.1. The lowest BCUT2D eigenvalue weighted by atomic mass is 10.3. The van der Waals surface area contributed by atoms with Gasteiger partial charge in [-0.1, -0.05) is 6.92 Å². The van der Waals surface area contributed by atoms with Crippen LogP contribution in [0.25, 0.3) is 20.4 Å². The van der Waals surface area contributed by atoms with E-state index in [1.54, 1.807) is 37.6 Å². The number of nitrogens with one attached hydrogen (secondary N) is 1. The molecule has 0 saturated heterocycles. The zero-order chi connectivity index (χ0) is 19.7. The van der Waals surface area contributed by atoms with Crippen LogP contribution in [0.4, 0.5) is 5.69 Å². The maximum Gasteiger partial charge on any atom is 0.272 e. The van der Waals surface area contributed by atoms with E-state index >= 15 is 0 Å². The topological polar surface area (TPSA) is 86.1 Å². The van der Waals surface area contributed by atoms with Crippen LogP contribution in [-0.4, -0.2) is 27.6 Å². The molecule has 0 aliphatic rings. The molecule has 8 heteroatoms. The Morgan fingerprint density at radius 2 is 2.04 bits per heavy atom. The number of carbonyl (C=O) groups excluding carboxylic acids is 1. The molecule has 28 heavy (non-hydrogen) atoms. The van der Waals surface area contributed by atoms with Gasteiger partial charge in [-0.05, 0) is 36.4 Å². The summed E-state index contributed by atoms with van der Waals surface area (Å²) in [5.41, 5.74) is 1.08. The number of anilines is 1. The Hall–Kier alpha value is -3.26. The second kappa shape index (κ2) is 7.40. The number of aromatic nitrogens is 3. The molecule has 1 N–H and O–H groups in total. The normalized spacial score (nSPS) is 11.1. The Morgan fingerprint density at radius 3 is 2.75 bits per heavy atom. The van der Waals surface area contributed by atoms with Crippen molar-refractivity contribution in [3.05, 3.63) is 58.8 Å². The molecule has 0 saturated carbocycles. The van der Waals surface area contributed by atoms with Gasteiger partial charge in [-0.15, -0.1) is 11.3 Å². The van der Waals surface area contributed by atoms with Crippen molar-refractivity contribution < 1.29 is 9.53 Å². The molecule has 0 atom stereocenters. The standard InChI is InChI=1S/C20H18N4O3S/c1-3-15-23-17-14-5-4-10-21-19(14)28-18(17)20(26)24(15)11-16(25)22-12-6-8-13(27-2)9-7-12/h4-10H,3,11H2,1-2H3,(H,22,25). The van der Waals surface area contributed by atoms with E-state index in [0.717, 1.165) is 10.2 Å². The van der Waals surface area contributed by atoms with Crippen LogP contribution in [0.5, 0.6) is 5.75 Å². The van der Waals surface area contributed by atoms with Crippen LogP contribution in [-0.2, 0) is 17.8 Å². The largest absolute Gasteiger partial charge is 0.497 e. The molecule has 0 spiro atoms. The summed E-state index contributed by atoms with van der Waals surface area (Å²) in [5, 5.41) is 3.67. The third kappa shape index (κ3) is 3.22. The highest BCUT2D eigenvalue weighted by molar-refractivity contribution is 7.25. The smallest absolute Gasteiger partial charge is 0.272 e.